The summed E-state index contributed by atoms with van der Waals surface area (Å²) in [5.74, 6) is 0.132. The van der Waals surface area contributed by atoms with E-state index in [4.69, 9.17) is 5.73 Å². The maximum atomic E-state index is 11.9. The number of piperidine rings is 1. The first-order chi connectivity index (χ1) is 7.91. The van der Waals surface area contributed by atoms with Gasteiger partial charge in [-0.25, -0.2) is 0 Å². The van der Waals surface area contributed by atoms with E-state index >= 15 is 0 Å². The molecule has 1 aliphatic heterocycles. The smallest absolute Gasteiger partial charge is 0.237 e. The average molecular weight is 241 g/mol. The van der Waals surface area contributed by atoms with Gasteiger partial charge >= 0.3 is 0 Å². The van der Waals surface area contributed by atoms with Gasteiger partial charge < -0.3 is 11.1 Å². The normalized spacial score (nSPS) is 24.4. The molecule has 2 atom stereocenters. The Morgan fingerprint density at radius 2 is 2.12 bits per heavy atom. The van der Waals surface area contributed by atoms with E-state index in [1.165, 1.54) is 6.42 Å². The van der Waals surface area contributed by atoms with Gasteiger partial charge in [0.15, 0.2) is 0 Å². The van der Waals surface area contributed by atoms with Crippen LogP contribution in [0, 0.1) is 5.41 Å². The van der Waals surface area contributed by atoms with Crippen LogP contribution < -0.4 is 11.1 Å². The molecule has 1 rings (SSSR count). The van der Waals surface area contributed by atoms with Crippen molar-refractivity contribution in [2.75, 3.05) is 20.1 Å². The molecule has 0 spiro atoms. The van der Waals surface area contributed by atoms with Crippen molar-refractivity contribution >= 4 is 5.91 Å². The third-order valence-electron chi connectivity index (χ3n) is 3.72. The van der Waals surface area contributed by atoms with Gasteiger partial charge in [-0.3, -0.25) is 9.69 Å². The van der Waals surface area contributed by atoms with E-state index in [2.05, 4.69) is 31.0 Å². The number of amides is 1. The van der Waals surface area contributed by atoms with Crippen LogP contribution in [0.2, 0.25) is 0 Å². The van der Waals surface area contributed by atoms with Crippen LogP contribution >= 0.6 is 0 Å². The minimum absolute atomic E-state index is 0.00141. The summed E-state index contributed by atoms with van der Waals surface area (Å²) in [5, 5.41) is 2.77. The molecule has 1 saturated heterocycles. The Labute approximate surface area is 105 Å². The van der Waals surface area contributed by atoms with Crippen LogP contribution in [-0.2, 0) is 4.79 Å². The highest BCUT2D eigenvalue weighted by Crippen LogP contribution is 2.29. The second-order valence-corrected chi connectivity index (χ2v) is 5.98. The lowest BCUT2D eigenvalue weighted by Crippen LogP contribution is -2.58. The number of carbonyl (C=O) groups excluding carboxylic acids is 1. The van der Waals surface area contributed by atoms with Gasteiger partial charge in [0, 0.05) is 19.6 Å². The van der Waals surface area contributed by atoms with Crippen LogP contribution in [0.5, 0.6) is 0 Å². The molecule has 0 radical (unpaired) electrons. The van der Waals surface area contributed by atoms with E-state index < -0.39 is 0 Å². The molecule has 1 amide bonds. The fourth-order valence-electron chi connectivity index (χ4n) is 2.76. The summed E-state index contributed by atoms with van der Waals surface area (Å²) < 4.78 is 0. The van der Waals surface area contributed by atoms with Gasteiger partial charge in [-0.2, -0.15) is 0 Å². The first kappa shape index (κ1) is 14.5. The molecular weight excluding hydrogens is 214 g/mol. The van der Waals surface area contributed by atoms with Gasteiger partial charge in [0.2, 0.25) is 5.91 Å². The molecule has 1 fully saturated rings. The summed E-state index contributed by atoms with van der Waals surface area (Å²) in [6, 6.07) is 0.270. The van der Waals surface area contributed by atoms with Crippen molar-refractivity contribution in [1.29, 1.82) is 0 Å². The first-order valence-corrected chi connectivity index (χ1v) is 6.59. The van der Waals surface area contributed by atoms with Crippen LogP contribution in [0.4, 0.5) is 0 Å². The zero-order valence-electron chi connectivity index (χ0n) is 11.6. The molecule has 0 aromatic rings. The number of nitrogens with zero attached hydrogens (tertiary/aromatic N) is 1. The number of carbonyl (C=O) groups is 1. The third-order valence-corrected chi connectivity index (χ3v) is 3.72. The molecule has 0 aromatic heterocycles. The Bertz CT molecular complexity index is 260. The fourth-order valence-corrected chi connectivity index (χ4v) is 2.76. The quantitative estimate of drug-likeness (QED) is 0.774. The molecule has 1 aliphatic rings. The molecule has 2 unspecified atom stereocenters. The van der Waals surface area contributed by atoms with Crippen molar-refractivity contribution in [1.82, 2.24) is 10.2 Å². The van der Waals surface area contributed by atoms with Crippen LogP contribution in [0.25, 0.3) is 0 Å². The Balaban J connectivity index is 2.86. The second-order valence-electron chi connectivity index (χ2n) is 5.98. The van der Waals surface area contributed by atoms with Gasteiger partial charge in [0.05, 0.1) is 6.04 Å². The SMILES string of the molecule is CNC(=O)C1CCCCN1C(CN)C(C)(C)C. The van der Waals surface area contributed by atoms with E-state index in [-0.39, 0.29) is 23.4 Å². The van der Waals surface area contributed by atoms with E-state index in [0.29, 0.717) is 6.54 Å². The molecule has 3 N–H and O–H groups in total. The maximum Gasteiger partial charge on any atom is 0.237 e. The van der Waals surface area contributed by atoms with Gasteiger partial charge in [-0.05, 0) is 24.8 Å². The van der Waals surface area contributed by atoms with E-state index in [1.807, 2.05) is 0 Å². The summed E-state index contributed by atoms with van der Waals surface area (Å²) >= 11 is 0. The fraction of sp³-hybridized carbons (Fsp3) is 0.923. The van der Waals surface area contributed by atoms with Crippen LogP contribution in [-0.4, -0.2) is 43.0 Å². The molecule has 0 aliphatic carbocycles. The molecule has 4 heteroatoms. The summed E-state index contributed by atoms with van der Waals surface area (Å²) in [6.45, 7) is 8.17. The Hall–Kier alpha value is -0.610. The number of rotatable bonds is 3. The first-order valence-electron chi connectivity index (χ1n) is 6.59. The highest BCUT2D eigenvalue weighted by molar-refractivity contribution is 5.81. The topological polar surface area (TPSA) is 58.4 Å². The Morgan fingerprint density at radius 3 is 2.59 bits per heavy atom. The molecule has 17 heavy (non-hydrogen) atoms. The Morgan fingerprint density at radius 1 is 1.47 bits per heavy atom. The predicted molar refractivity (Wildman–Crippen MR) is 70.7 cm³/mol. The zero-order chi connectivity index (χ0) is 13.1. The summed E-state index contributed by atoms with van der Waals surface area (Å²) in [4.78, 5) is 14.2. The van der Waals surface area contributed by atoms with Crippen molar-refractivity contribution in [2.24, 2.45) is 11.1 Å². The lowest BCUT2D eigenvalue weighted by Gasteiger charge is -2.45. The number of nitrogens with two attached hydrogens (primary N) is 1. The largest absolute Gasteiger partial charge is 0.358 e. The van der Waals surface area contributed by atoms with Crippen LogP contribution in [0.3, 0.4) is 0 Å². The van der Waals surface area contributed by atoms with Crippen molar-refractivity contribution in [3.8, 4) is 0 Å². The molecule has 1 heterocycles. The summed E-state index contributed by atoms with van der Waals surface area (Å²) in [5.41, 5.74) is 6.03. The number of hydrogen-bond acceptors (Lipinski definition) is 3. The lowest BCUT2D eigenvalue weighted by atomic mass is 9.83. The maximum absolute atomic E-state index is 11.9. The van der Waals surface area contributed by atoms with Gasteiger partial charge in [0.1, 0.15) is 0 Å². The minimum Gasteiger partial charge on any atom is -0.358 e. The highest BCUT2D eigenvalue weighted by atomic mass is 16.2. The van der Waals surface area contributed by atoms with E-state index in [9.17, 15) is 4.79 Å². The van der Waals surface area contributed by atoms with Crippen LogP contribution in [0.15, 0.2) is 0 Å². The van der Waals surface area contributed by atoms with Gasteiger partial charge in [-0.15, -0.1) is 0 Å². The highest BCUT2D eigenvalue weighted by Gasteiger charge is 2.37. The van der Waals surface area contributed by atoms with Gasteiger partial charge in [-0.1, -0.05) is 27.2 Å². The Kier molecular flexibility index (Phi) is 4.95. The van der Waals surface area contributed by atoms with Crippen molar-refractivity contribution < 1.29 is 4.79 Å². The molecule has 0 bridgehead atoms. The summed E-state index contributed by atoms with van der Waals surface area (Å²) in [6.07, 6.45) is 3.25. The summed E-state index contributed by atoms with van der Waals surface area (Å²) in [7, 11) is 1.71. The molecular formula is C13H27N3O. The predicted octanol–water partition coefficient (Wildman–Crippen LogP) is 0.960. The van der Waals surface area contributed by atoms with Crippen molar-refractivity contribution in [2.45, 2.75) is 52.1 Å². The van der Waals surface area contributed by atoms with Crippen molar-refractivity contribution in [3.63, 3.8) is 0 Å². The molecule has 0 saturated carbocycles. The van der Waals surface area contributed by atoms with E-state index in [0.717, 1.165) is 19.4 Å². The number of likely N-dealkylation sites (tertiary alicyclic amines) is 1. The number of nitrogens with one attached hydrogen (secondary N) is 1. The van der Waals surface area contributed by atoms with Crippen molar-refractivity contribution in [3.05, 3.63) is 0 Å². The lowest BCUT2D eigenvalue weighted by molar-refractivity contribution is -0.129. The second kappa shape index (κ2) is 5.83. The number of hydrogen-bond donors (Lipinski definition) is 2. The average Bonchev–Trinajstić information content (AvgIpc) is 2.28. The number of likely N-dealkylation sites (N-methyl/N-ethyl adjacent to an activating group) is 1. The molecule has 100 valence electrons. The monoisotopic (exact) mass is 241 g/mol. The molecule has 4 nitrogen and oxygen atoms in total. The van der Waals surface area contributed by atoms with Gasteiger partial charge in [0.25, 0.3) is 0 Å². The van der Waals surface area contributed by atoms with Crippen LogP contribution in [0.1, 0.15) is 40.0 Å². The zero-order valence-corrected chi connectivity index (χ0v) is 11.6. The minimum atomic E-state index is 0.00141. The van der Waals surface area contributed by atoms with E-state index in [1.54, 1.807) is 7.05 Å². The third kappa shape index (κ3) is 3.42. The standard InChI is InChI=1S/C13H27N3O/c1-13(2,3)11(9-14)16-8-6-5-7-10(16)12(17)15-4/h10-11H,5-9,14H2,1-4H3,(H,15,17). The molecule has 0 aromatic carbocycles.